The van der Waals surface area contributed by atoms with Gasteiger partial charge in [-0.25, -0.2) is 9.59 Å². The molecule has 3 rings (SSSR count). The Labute approximate surface area is 209 Å². The molecule has 34 heavy (non-hydrogen) atoms. The number of carbonyl (C=O) groups is 2. The Balaban J connectivity index is 1.98. The zero-order valence-electron chi connectivity index (χ0n) is 19.3. The summed E-state index contributed by atoms with van der Waals surface area (Å²) in [6.45, 7) is 4.23. The molecule has 0 aliphatic heterocycles. The Morgan fingerprint density at radius 2 is 1.09 bits per heavy atom. The highest BCUT2D eigenvalue weighted by Gasteiger charge is 2.19. The van der Waals surface area contributed by atoms with E-state index in [-0.39, 0.29) is 13.2 Å². The van der Waals surface area contributed by atoms with Gasteiger partial charge >= 0.3 is 11.9 Å². The van der Waals surface area contributed by atoms with Gasteiger partial charge in [-0.15, -0.1) is 0 Å². The van der Waals surface area contributed by atoms with E-state index in [0.29, 0.717) is 56.3 Å². The summed E-state index contributed by atoms with van der Waals surface area (Å²) >= 11 is 12.6. The minimum atomic E-state index is -0.464. The summed E-state index contributed by atoms with van der Waals surface area (Å²) in [5, 5.41) is 3.56. The zero-order chi connectivity index (χ0) is 24.5. The summed E-state index contributed by atoms with van der Waals surface area (Å²) < 4.78 is 22.3. The third-order valence-corrected chi connectivity index (χ3v) is 5.60. The van der Waals surface area contributed by atoms with Crippen molar-refractivity contribution in [3.8, 4) is 11.5 Å². The number of fused-ring (bicyclic) bond motifs is 2. The molecular weight excluding hydrogens is 479 g/mol. The molecule has 3 aromatic carbocycles. The van der Waals surface area contributed by atoms with Crippen LogP contribution in [-0.2, 0) is 19.1 Å². The fourth-order valence-corrected chi connectivity index (χ4v) is 3.76. The number of unbranched alkanes of at least 4 members (excludes halogenated alkanes) is 2. The van der Waals surface area contributed by atoms with E-state index in [1.54, 1.807) is 36.4 Å². The molecule has 3 aromatic rings. The predicted octanol–water partition coefficient (Wildman–Crippen LogP) is 6.74. The predicted molar refractivity (Wildman–Crippen MR) is 134 cm³/mol. The Morgan fingerprint density at radius 3 is 1.50 bits per heavy atom. The molecule has 0 fully saturated rings. The molecular formula is C26H28Cl2O6. The topological polar surface area (TPSA) is 71.1 Å². The van der Waals surface area contributed by atoms with Crippen LogP contribution in [0.25, 0.3) is 21.5 Å². The quantitative estimate of drug-likeness (QED) is 0.154. The van der Waals surface area contributed by atoms with Gasteiger partial charge in [0.1, 0.15) is 11.5 Å². The maximum Gasteiger partial charge on any atom is 0.344 e. The van der Waals surface area contributed by atoms with Gasteiger partial charge in [0.2, 0.25) is 0 Å². The van der Waals surface area contributed by atoms with Gasteiger partial charge in [-0.05, 0) is 49.2 Å². The normalized spacial score (nSPS) is 10.9. The first kappa shape index (κ1) is 25.9. The van der Waals surface area contributed by atoms with Crippen molar-refractivity contribution in [3.63, 3.8) is 0 Å². The molecule has 0 amide bonds. The Hall–Kier alpha value is -2.70. The Morgan fingerprint density at radius 1 is 0.676 bits per heavy atom. The van der Waals surface area contributed by atoms with E-state index in [9.17, 15) is 9.59 Å². The van der Waals surface area contributed by atoms with Gasteiger partial charge in [0.25, 0.3) is 0 Å². The maximum absolute atomic E-state index is 12.2. The van der Waals surface area contributed by atoms with Gasteiger partial charge < -0.3 is 18.9 Å². The fraction of sp³-hybridized carbons (Fsp3) is 0.385. The number of rotatable bonds is 12. The van der Waals surface area contributed by atoms with Gasteiger partial charge in [0.15, 0.2) is 13.2 Å². The SMILES string of the molecule is CCCCOC(=O)COc1c2ccc(Cl)cc2c(OCC(=O)OCCCC)c2cc(Cl)ccc12. The molecule has 6 nitrogen and oxygen atoms in total. The van der Waals surface area contributed by atoms with E-state index in [0.717, 1.165) is 25.7 Å². The molecule has 0 saturated heterocycles. The molecule has 0 heterocycles. The number of benzene rings is 3. The van der Waals surface area contributed by atoms with E-state index in [2.05, 4.69) is 0 Å². The van der Waals surface area contributed by atoms with E-state index in [4.69, 9.17) is 42.1 Å². The smallest absolute Gasteiger partial charge is 0.344 e. The molecule has 0 N–H and O–H groups in total. The lowest BCUT2D eigenvalue weighted by Gasteiger charge is -2.18. The lowest BCUT2D eigenvalue weighted by molar-refractivity contribution is -0.146. The van der Waals surface area contributed by atoms with E-state index in [1.807, 2.05) is 13.8 Å². The number of hydrogen-bond donors (Lipinski definition) is 0. The zero-order valence-corrected chi connectivity index (χ0v) is 20.8. The van der Waals surface area contributed by atoms with Crippen LogP contribution in [-0.4, -0.2) is 38.4 Å². The molecule has 0 aliphatic rings. The third-order valence-electron chi connectivity index (χ3n) is 5.13. The standard InChI is InChI=1S/C26H28Cl2O6/c1-3-5-11-31-23(29)15-33-25-19-9-7-17(27)13-21(19)26(22-14-18(28)8-10-20(22)25)34-16-24(30)32-12-6-4-2/h7-10,13-14H,3-6,11-12,15-16H2,1-2H3. The van der Waals surface area contributed by atoms with E-state index in [1.165, 1.54) is 0 Å². The van der Waals surface area contributed by atoms with Crippen LogP contribution in [0.1, 0.15) is 39.5 Å². The van der Waals surface area contributed by atoms with E-state index < -0.39 is 11.9 Å². The second kappa shape index (κ2) is 12.7. The lowest BCUT2D eigenvalue weighted by atomic mass is 10.0. The van der Waals surface area contributed by atoms with Crippen LogP contribution in [0.3, 0.4) is 0 Å². The summed E-state index contributed by atoms with van der Waals surface area (Å²) in [6, 6.07) is 10.5. The number of carbonyl (C=O) groups excluding carboxylic acids is 2. The van der Waals surface area contributed by atoms with Crippen LogP contribution in [0.2, 0.25) is 10.0 Å². The van der Waals surface area contributed by atoms with Crippen LogP contribution < -0.4 is 9.47 Å². The Bertz CT molecular complexity index is 1100. The molecule has 0 radical (unpaired) electrons. The number of esters is 2. The average molecular weight is 507 g/mol. The van der Waals surface area contributed by atoms with Crippen molar-refractivity contribution in [2.45, 2.75) is 39.5 Å². The molecule has 0 bridgehead atoms. The van der Waals surface area contributed by atoms with E-state index >= 15 is 0 Å². The molecule has 182 valence electrons. The highest BCUT2D eigenvalue weighted by molar-refractivity contribution is 6.33. The van der Waals surface area contributed by atoms with Gasteiger partial charge in [0.05, 0.1) is 13.2 Å². The van der Waals surface area contributed by atoms with Crippen LogP contribution in [0.4, 0.5) is 0 Å². The van der Waals surface area contributed by atoms with Crippen LogP contribution >= 0.6 is 23.2 Å². The molecule has 0 aliphatic carbocycles. The van der Waals surface area contributed by atoms with Gasteiger partial charge in [-0.1, -0.05) is 49.9 Å². The van der Waals surface area contributed by atoms with Crippen molar-refractivity contribution >= 4 is 56.7 Å². The van der Waals surface area contributed by atoms with Crippen molar-refractivity contribution in [3.05, 3.63) is 46.4 Å². The van der Waals surface area contributed by atoms with Crippen molar-refractivity contribution in [1.29, 1.82) is 0 Å². The second-order valence-corrected chi connectivity index (χ2v) is 8.64. The van der Waals surface area contributed by atoms with Crippen LogP contribution in [0.5, 0.6) is 11.5 Å². The maximum atomic E-state index is 12.2. The highest BCUT2D eigenvalue weighted by atomic mass is 35.5. The summed E-state index contributed by atoms with van der Waals surface area (Å²) in [6.07, 6.45) is 3.43. The third kappa shape index (κ3) is 6.67. The van der Waals surface area contributed by atoms with Gasteiger partial charge in [0, 0.05) is 31.6 Å². The second-order valence-electron chi connectivity index (χ2n) is 7.76. The largest absolute Gasteiger partial charge is 0.481 e. The lowest BCUT2D eigenvalue weighted by Crippen LogP contribution is -2.16. The molecule has 0 spiro atoms. The van der Waals surface area contributed by atoms with Gasteiger partial charge in [-0.2, -0.15) is 0 Å². The van der Waals surface area contributed by atoms with Crippen LogP contribution in [0, 0.1) is 0 Å². The number of hydrogen-bond acceptors (Lipinski definition) is 6. The minimum absolute atomic E-state index is 0.247. The fourth-order valence-electron chi connectivity index (χ4n) is 3.41. The first-order valence-corrected chi connectivity index (χ1v) is 12.1. The first-order valence-electron chi connectivity index (χ1n) is 11.4. The van der Waals surface area contributed by atoms with Crippen molar-refractivity contribution in [1.82, 2.24) is 0 Å². The Kier molecular flexibility index (Phi) is 9.66. The molecule has 8 heteroatoms. The van der Waals surface area contributed by atoms with Crippen molar-refractivity contribution in [2.75, 3.05) is 26.4 Å². The molecule has 0 aromatic heterocycles. The van der Waals surface area contributed by atoms with Crippen LogP contribution in [0.15, 0.2) is 36.4 Å². The summed E-state index contributed by atoms with van der Waals surface area (Å²) in [7, 11) is 0. The summed E-state index contributed by atoms with van der Waals surface area (Å²) in [5.74, 6) is -0.00857. The molecule has 0 atom stereocenters. The highest BCUT2D eigenvalue weighted by Crippen LogP contribution is 2.44. The first-order chi connectivity index (χ1) is 16.4. The van der Waals surface area contributed by atoms with Crippen molar-refractivity contribution in [2.24, 2.45) is 0 Å². The molecule has 0 saturated carbocycles. The number of ether oxygens (including phenoxy) is 4. The van der Waals surface area contributed by atoms with Crippen molar-refractivity contribution < 1.29 is 28.5 Å². The summed E-state index contributed by atoms with van der Waals surface area (Å²) in [5.41, 5.74) is 0. The summed E-state index contributed by atoms with van der Waals surface area (Å²) in [4.78, 5) is 24.3. The monoisotopic (exact) mass is 506 g/mol. The van der Waals surface area contributed by atoms with Gasteiger partial charge in [-0.3, -0.25) is 0 Å². The molecule has 0 unspecified atom stereocenters. The minimum Gasteiger partial charge on any atom is -0.481 e. The number of halogens is 2. The average Bonchev–Trinajstić information content (AvgIpc) is 2.81.